The van der Waals surface area contributed by atoms with Crippen LogP contribution in [0.2, 0.25) is 0 Å². The largest absolute Gasteiger partial charge is 0.320 e. The monoisotopic (exact) mass is 373 g/mol. The highest BCUT2D eigenvalue weighted by molar-refractivity contribution is 9.10. The number of carbonyl (C=O) groups is 1. The lowest BCUT2D eigenvalue weighted by Crippen LogP contribution is -2.13. The zero-order valence-corrected chi connectivity index (χ0v) is 13.9. The van der Waals surface area contributed by atoms with Crippen molar-refractivity contribution in [1.82, 2.24) is 4.98 Å². The fraction of sp³-hybridized carbons (Fsp3) is 0.188. The van der Waals surface area contributed by atoms with Crippen LogP contribution in [0.5, 0.6) is 0 Å². The summed E-state index contributed by atoms with van der Waals surface area (Å²) in [5.74, 6) is 0.141. The molecule has 0 bridgehead atoms. The van der Waals surface area contributed by atoms with Gasteiger partial charge < -0.3 is 5.32 Å². The Balaban J connectivity index is 1.77. The molecule has 0 atom stereocenters. The highest BCUT2D eigenvalue weighted by Crippen LogP contribution is 2.41. The number of carbonyl (C=O) groups excluding carboxylic acids is 1. The van der Waals surface area contributed by atoms with Crippen LogP contribution in [-0.4, -0.2) is 10.9 Å². The van der Waals surface area contributed by atoms with Gasteiger partial charge in [-0.05, 0) is 47.0 Å². The Bertz CT molecular complexity index is 787. The molecule has 1 aromatic heterocycles. The van der Waals surface area contributed by atoms with Crippen molar-refractivity contribution >= 4 is 44.9 Å². The molecule has 6 heteroatoms. The Hall–Kier alpha value is -1.97. The average molecular weight is 374 g/mol. The number of hydrogen-bond acceptors (Lipinski definition) is 4. The van der Waals surface area contributed by atoms with Crippen molar-refractivity contribution in [2.75, 3.05) is 5.32 Å². The first-order chi connectivity index (χ1) is 10.7. The first-order valence-electron chi connectivity index (χ1n) is 6.80. The smallest absolute Gasteiger partial charge is 0.266 e. The van der Waals surface area contributed by atoms with Crippen LogP contribution in [0.25, 0.3) is 6.08 Å². The van der Waals surface area contributed by atoms with Gasteiger partial charge in [-0.1, -0.05) is 12.1 Å². The van der Waals surface area contributed by atoms with E-state index in [0.29, 0.717) is 17.3 Å². The fourth-order valence-electron chi connectivity index (χ4n) is 1.93. The summed E-state index contributed by atoms with van der Waals surface area (Å²) in [5.41, 5.74) is 1.35. The summed E-state index contributed by atoms with van der Waals surface area (Å²) in [6.45, 7) is 0. The second-order valence-corrected chi connectivity index (χ2v) is 6.73. The molecule has 2 aromatic rings. The molecule has 0 radical (unpaired) electrons. The van der Waals surface area contributed by atoms with Gasteiger partial charge in [0, 0.05) is 15.8 Å². The lowest BCUT2D eigenvalue weighted by atomic mass is 10.2. The molecule has 3 rings (SSSR count). The zero-order chi connectivity index (χ0) is 15.5. The van der Waals surface area contributed by atoms with Gasteiger partial charge in [-0.15, -0.1) is 11.3 Å². The second-order valence-electron chi connectivity index (χ2n) is 4.99. The molecule has 1 amide bonds. The maximum Gasteiger partial charge on any atom is 0.266 e. The molecule has 1 heterocycles. The van der Waals surface area contributed by atoms with Gasteiger partial charge in [-0.25, -0.2) is 4.98 Å². The van der Waals surface area contributed by atoms with Crippen molar-refractivity contribution in [2.24, 2.45) is 0 Å². The van der Waals surface area contributed by atoms with Crippen molar-refractivity contribution in [2.45, 2.75) is 18.8 Å². The Morgan fingerprint density at radius 3 is 2.91 bits per heavy atom. The Morgan fingerprint density at radius 2 is 2.23 bits per heavy atom. The van der Waals surface area contributed by atoms with Crippen molar-refractivity contribution in [1.29, 1.82) is 5.26 Å². The molecular formula is C16H12BrN3OS. The third kappa shape index (κ3) is 3.43. The van der Waals surface area contributed by atoms with E-state index in [2.05, 4.69) is 26.2 Å². The van der Waals surface area contributed by atoms with E-state index in [1.165, 1.54) is 18.9 Å². The van der Waals surface area contributed by atoms with Gasteiger partial charge in [0.15, 0.2) is 0 Å². The number of para-hydroxylation sites is 1. The highest BCUT2D eigenvalue weighted by Gasteiger charge is 2.26. The van der Waals surface area contributed by atoms with Gasteiger partial charge in [-0.2, -0.15) is 5.26 Å². The third-order valence-corrected chi connectivity index (χ3v) is 4.96. The first-order valence-corrected chi connectivity index (χ1v) is 8.47. The number of rotatable bonds is 4. The highest BCUT2D eigenvalue weighted by atomic mass is 79.9. The number of aromatic nitrogens is 1. The van der Waals surface area contributed by atoms with Crippen molar-refractivity contribution in [3.8, 4) is 6.07 Å². The minimum absolute atomic E-state index is 0.0448. The van der Waals surface area contributed by atoms with E-state index >= 15 is 0 Å². The van der Waals surface area contributed by atoms with Gasteiger partial charge >= 0.3 is 0 Å². The van der Waals surface area contributed by atoms with E-state index in [1.54, 1.807) is 17.4 Å². The number of halogens is 1. The van der Waals surface area contributed by atoms with Crippen LogP contribution in [-0.2, 0) is 4.79 Å². The molecule has 1 aliphatic rings. The SMILES string of the molecule is N#C/C(=C/c1csc(C2CC2)n1)C(=O)Nc1ccccc1Br. The number of benzene rings is 1. The van der Waals surface area contributed by atoms with Gasteiger partial charge in [0.25, 0.3) is 5.91 Å². The minimum atomic E-state index is -0.435. The summed E-state index contributed by atoms with van der Waals surface area (Å²) in [6.07, 6.45) is 3.91. The molecule has 1 saturated carbocycles. The van der Waals surface area contributed by atoms with Crippen LogP contribution >= 0.6 is 27.3 Å². The number of anilines is 1. The number of nitrogens with zero attached hydrogens (tertiary/aromatic N) is 2. The fourth-order valence-corrected chi connectivity index (χ4v) is 3.27. The molecule has 4 nitrogen and oxygen atoms in total. The molecule has 0 spiro atoms. The Labute approximate surface area is 140 Å². The number of nitriles is 1. The molecule has 0 aliphatic heterocycles. The first kappa shape index (κ1) is 14.9. The van der Waals surface area contributed by atoms with Crippen LogP contribution in [0.4, 0.5) is 5.69 Å². The normalized spacial score (nSPS) is 14.5. The van der Waals surface area contributed by atoms with Crippen LogP contribution in [0.1, 0.15) is 29.5 Å². The second kappa shape index (κ2) is 6.42. The summed E-state index contributed by atoms with van der Waals surface area (Å²) in [4.78, 5) is 16.7. The van der Waals surface area contributed by atoms with Crippen molar-refractivity contribution in [3.63, 3.8) is 0 Å². The van der Waals surface area contributed by atoms with Crippen LogP contribution < -0.4 is 5.32 Å². The third-order valence-electron chi connectivity index (χ3n) is 3.25. The predicted molar refractivity (Wildman–Crippen MR) is 90.5 cm³/mol. The number of amides is 1. The zero-order valence-electron chi connectivity index (χ0n) is 11.5. The van der Waals surface area contributed by atoms with E-state index in [-0.39, 0.29) is 5.57 Å². The van der Waals surface area contributed by atoms with E-state index < -0.39 is 5.91 Å². The molecule has 1 aromatic carbocycles. The average Bonchev–Trinajstić information content (AvgIpc) is 3.26. The number of nitrogens with one attached hydrogen (secondary N) is 1. The molecule has 110 valence electrons. The summed E-state index contributed by atoms with van der Waals surface area (Å²) in [5, 5.41) is 14.9. The minimum Gasteiger partial charge on any atom is -0.320 e. The number of thiazole rings is 1. The quantitative estimate of drug-likeness (QED) is 0.640. The van der Waals surface area contributed by atoms with Crippen LogP contribution in [0.3, 0.4) is 0 Å². The lowest BCUT2D eigenvalue weighted by molar-refractivity contribution is -0.112. The van der Waals surface area contributed by atoms with Crippen LogP contribution in [0, 0.1) is 11.3 Å². The molecule has 0 unspecified atom stereocenters. The maximum atomic E-state index is 12.2. The number of hydrogen-bond donors (Lipinski definition) is 1. The summed E-state index contributed by atoms with van der Waals surface area (Å²) >= 11 is 4.95. The molecule has 1 aliphatic carbocycles. The summed E-state index contributed by atoms with van der Waals surface area (Å²) in [6, 6.07) is 9.21. The standard InChI is InChI=1S/C16H12BrN3OS/c17-13-3-1-2-4-14(13)20-15(21)11(8-18)7-12-9-22-16(19-12)10-5-6-10/h1-4,7,9-10H,5-6H2,(H,20,21)/b11-7-. The van der Waals surface area contributed by atoms with Crippen molar-refractivity contribution < 1.29 is 4.79 Å². The molecule has 1 fully saturated rings. The van der Waals surface area contributed by atoms with Gasteiger partial charge in [0.05, 0.1) is 16.4 Å². The molecular weight excluding hydrogens is 362 g/mol. The van der Waals surface area contributed by atoms with E-state index in [0.717, 1.165) is 9.48 Å². The van der Waals surface area contributed by atoms with Gasteiger partial charge in [0.1, 0.15) is 11.6 Å². The van der Waals surface area contributed by atoms with E-state index in [4.69, 9.17) is 0 Å². The summed E-state index contributed by atoms with van der Waals surface area (Å²) in [7, 11) is 0. The molecule has 0 saturated heterocycles. The van der Waals surface area contributed by atoms with Crippen molar-refractivity contribution in [3.05, 3.63) is 50.4 Å². The van der Waals surface area contributed by atoms with Crippen LogP contribution in [0.15, 0.2) is 39.7 Å². The predicted octanol–water partition coefficient (Wildman–Crippen LogP) is 4.33. The summed E-state index contributed by atoms with van der Waals surface area (Å²) < 4.78 is 0.769. The van der Waals surface area contributed by atoms with Gasteiger partial charge in [0.2, 0.25) is 0 Å². The molecule has 22 heavy (non-hydrogen) atoms. The Kier molecular flexibility index (Phi) is 4.36. The van der Waals surface area contributed by atoms with E-state index in [9.17, 15) is 10.1 Å². The maximum absolute atomic E-state index is 12.2. The Morgan fingerprint density at radius 1 is 1.45 bits per heavy atom. The topological polar surface area (TPSA) is 65.8 Å². The lowest BCUT2D eigenvalue weighted by Gasteiger charge is -2.05. The molecule has 1 N–H and O–H groups in total. The van der Waals surface area contributed by atoms with Gasteiger partial charge in [-0.3, -0.25) is 4.79 Å². The van der Waals surface area contributed by atoms with E-state index in [1.807, 2.05) is 29.6 Å².